The van der Waals surface area contributed by atoms with Crippen LogP contribution in [-0.4, -0.2) is 33.2 Å². The van der Waals surface area contributed by atoms with Gasteiger partial charge < -0.3 is 20.1 Å². The minimum Gasteiger partial charge on any atom is -0.495 e. The Morgan fingerprint density at radius 2 is 1.86 bits per heavy atom. The number of rotatable bonds is 4. The summed E-state index contributed by atoms with van der Waals surface area (Å²) >= 11 is 6.04. The second-order valence-electron chi connectivity index (χ2n) is 4.70. The Kier molecular flexibility index (Phi) is 7.08. The summed E-state index contributed by atoms with van der Waals surface area (Å²) in [5, 5.41) is 6.59. The van der Waals surface area contributed by atoms with Crippen molar-refractivity contribution in [2.75, 3.05) is 32.6 Å². The number of methoxy groups -OCH3 is 2. The minimum atomic E-state index is 0. The SMILES string of the molecule is COc1cc(NC(=O)C2CCNCC2)c(OC)cc1Cl.Cl. The van der Waals surface area contributed by atoms with Gasteiger partial charge in [0.1, 0.15) is 11.5 Å². The highest BCUT2D eigenvalue weighted by atomic mass is 35.5. The molecule has 0 unspecified atom stereocenters. The average molecular weight is 335 g/mol. The van der Waals surface area contributed by atoms with E-state index < -0.39 is 0 Å². The van der Waals surface area contributed by atoms with Crippen LogP contribution >= 0.6 is 24.0 Å². The van der Waals surface area contributed by atoms with Crippen LogP contribution in [0.3, 0.4) is 0 Å². The Labute approximate surface area is 135 Å². The summed E-state index contributed by atoms with van der Waals surface area (Å²) in [6.45, 7) is 1.75. The van der Waals surface area contributed by atoms with Gasteiger partial charge in [0.15, 0.2) is 0 Å². The number of nitrogens with one attached hydrogen (secondary N) is 2. The predicted molar refractivity (Wildman–Crippen MR) is 86.0 cm³/mol. The molecule has 0 aliphatic carbocycles. The largest absolute Gasteiger partial charge is 0.495 e. The molecule has 21 heavy (non-hydrogen) atoms. The minimum absolute atomic E-state index is 0. The quantitative estimate of drug-likeness (QED) is 0.888. The van der Waals surface area contributed by atoms with Gasteiger partial charge in [-0.1, -0.05) is 11.6 Å². The van der Waals surface area contributed by atoms with E-state index in [-0.39, 0.29) is 24.2 Å². The Balaban J connectivity index is 0.00000220. The van der Waals surface area contributed by atoms with Crippen molar-refractivity contribution in [1.29, 1.82) is 0 Å². The summed E-state index contributed by atoms with van der Waals surface area (Å²) in [5.41, 5.74) is 0.581. The van der Waals surface area contributed by atoms with E-state index in [2.05, 4.69) is 10.6 Å². The molecule has 0 bridgehead atoms. The molecule has 0 saturated carbocycles. The molecule has 5 nitrogen and oxygen atoms in total. The van der Waals surface area contributed by atoms with E-state index in [9.17, 15) is 4.79 Å². The van der Waals surface area contributed by atoms with Crippen molar-refractivity contribution >= 4 is 35.6 Å². The normalized spacial score (nSPS) is 15.0. The number of carbonyl (C=O) groups is 1. The fourth-order valence-corrected chi connectivity index (χ4v) is 2.51. The fourth-order valence-electron chi connectivity index (χ4n) is 2.28. The maximum Gasteiger partial charge on any atom is 0.227 e. The number of hydrogen-bond acceptors (Lipinski definition) is 4. The second kappa shape index (κ2) is 8.32. The van der Waals surface area contributed by atoms with Crippen molar-refractivity contribution in [2.24, 2.45) is 5.92 Å². The first-order chi connectivity index (χ1) is 9.65. The molecule has 1 fully saturated rings. The molecule has 1 heterocycles. The van der Waals surface area contributed by atoms with Gasteiger partial charge >= 0.3 is 0 Å². The molecule has 0 aromatic heterocycles. The Hall–Kier alpha value is -1.17. The highest BCUT2D eigenvalue weighted by Crippen LogP contribution is 2.36. The third-order valence-corrected chi connectivity index (χ3v) is 3.74. The molecule has 0 spiro atoms. The van der Waals surface area contributed by atoms with Crippen LogP contribution < -0.4 is 20.1 Å². The lowest BCUT2D eigenvalue weighted by molar-refractivity contribution is -0.120. The summed E-state index contributed by atoms with van der Waals surface area (Å²) in [6, 6.07) is 3.32. The van der Waals surface area contributed by atoms with Crippen molar-refractivity contribution < 1.29 is 14.3 Å². The molecule has 0 atom stereocenters. The van der Waals surface area contributed by atoms with Gasteiger partial charge in [-0.3, -0.25) is 4.79 Å². The Morgan fingerprint density at radius 3 is 2.43 bits per heavy atom. The summed E-state index contributed by atoms with van der Waals surface area (Å²) in [6.07, 6.45) is 1.69. The summed E-state index contributed by atoms with van der Waals surface area (Å²) in [7, 11) is 3.07. The zero-order valence-electron chi connectivity index (χ0n) is 12.1. The van der Waals surface area contributed by atoms with Crippen LogP contribution in [0, 0.1) is 5.92 Å². The van der Waals surface area contributed by atoms with Gasteiger partial charge in [-0.05, 0) is 25.9 Å². The van der Waals surface area contributed by atoms with Gasteiger partial charge in [-0.2, -0.15) is 0 Å². The summed E-state index contributed by atoms with van der Waals surface area (Å²) in [5.74, 6) is 1.07. The van der Waals surface area contributed by atoms with Crippen LogP contribution in [0.2, 0.25) is 5.02 Å². The first-order valence-electron chi connectivity index (χ1n) is 6.58. The van der Waals surface area contributed by atoms with Crippen LogP contribution in [0.5, 0.6) is 11.5 Å². The molecule has 0 radical (unpaired) electrons. The number of hydrogen-bond donors (Lipinski definition) is 2. The van der Waals surface area contributed by atoms with Crippen LogP contribution in [-0.2, 0) is 4.79 Å². The van der Waals surface area contributed by atoms with E-state index in [1.165, 1.54) is 7.11 Å². The number of benzene rings is 1. The van der Waals surface area contributed by atoms with Crippen LogP contribution in [0.25, 0.3) is 0 Å². The molecular weight excluding hydrogens is 315 g/mol. The number of amides is 1. The highest BCUT2D eigenvalue weighted by molar-refractivity contribution is 6.32. The van der Waals surface area contributed by atoms with Crippen molar-refractivity contribution in [3.63, 3.8) is 0 Å². The molecule has 1 aliphatic rings. The van der Waals surface area contributed by atoms with Gasteiger partial charge in [-0.15, -0.1) is 12.4 Å². The van der Waals surface area contributed by atoms with Crippen molar-refractivity contribution in [2.45, 2.75) is 12.8 Å². The van der Waals surface area contributed by atoms with E-state index in [1.54, 1.807) is 19.2 Å². The maximum absolute atomic E-state index is 12.3. The smallest absolute Gasteiger partial charge is 0.227 e. The molecule has 2 rings (SSSR count). The van der Waals surface area contributed by atoms with Gasteiger partial charge in [0, 0.05) is 18.1 Å². The van der Waals surface area contributed by atoms with E-state index in [0.717, 1.165) is 25.9 Å². The highest BCUT2D eigenvalue weighted by Gasteiger charge is 2.22. The molecule has 1 amide bonds. The topological polar surface area (TPSA) is 59.6 Å². The zero-order chi connectivity index (χ0) is 14.5. The van der Waals surface area contributed by atoms with E-state index in [0.29, 0.717) is 22.2 Å². The van der Waals surface area contributed by atoms with Crippen molar-refractivity contribution in [3.05, 3.63) is 17.2 Å². The molecule has 1 aromatic rings. The van der Waals surface area contributed by atoms with Crippen molar-refractivity contribution in [3.8, 4) is 11.5 Å². The van der Waals surface area contributed by atoms with Crippen LogP contribution in [0.15, 0.2) is 12.1 Å². The predicted octanol–water partition coefficient (Wildman–Crippen LogP) is 2.72. The standard InChI is InChI=1S/C14H19ClN2O3.ClH/c1-19-12-8-11(13(20-2)7-10(12)15)17-14(18)9-3-5-16-6-4-9;/h7-9,16H,3-6H2,1-2H3,(H,17,18);1H. The van der Waals surface area contributed by atoms with E-state index >= 15 is 0 Å². The Bertz CT molecular complexity index is 491. The van der Waals surface area contributed by atoms with E-state index in [4.69, 9.17) is 21.1 Å². The number of anilines is 1. The van der Waals surface area contributed by atoms with Gasteiger partial charge in [0.2, 0.25) is 5.91 Å². The van der Waals surface area contributed by atoms with Crippen LogP contribution in [0.4, 0.5) is 5.69 Å². The molecule has 1 saturated heterocycles. The average Bonchev–Trinajstić information content (AvgIpc) is 2.49. The lowest BCUT2D eigenvalue weighted by Crippen LogP contribution is -2.34. The number of halogens is 2. The maximum atomic E-state index is 12.3. The first kappa shape index (κ1) is 17.9. The second-order valence-corrected chi connectivity index (χ2v) is 5.11. The Morgan fingerprint density at radius 1 is 1.24 bits per heavy atom. The van der Waals surface area contributed by atoms with Crippen molar-refractivity contribution in [1.82, 2.24) is 5.32 Å². The lowest BCUT2D eigenvalue weighted by atomic mass is 9.97. The van der Waals surface area contributed by atoms with Gasteiger partial charge in [-0.25, -0.2) is 0 Å². The summed E-state index contributed by atoms with van der Waals surface area (Å²) < 4.78 is 10.4. The fraction of sp³-hybridized carbons (Fsp3) is 0.500. The third-order valence-electron chi connectivity index (χ3n) is 3.44. The van der Waals surface area contributed by atoms with Crippen LogP contribution in [0.1, 0.15) is 12.8 Å². The molecule has 2 N–H and O–H groups in total. The molecular formula is C14H20Cl2N2O3. The molecule has 118 valence electrons. The molecule has 7 heteroatoms. The van der Waals surface area contributed by atoms with Gasteiger partial charge in [0.25, 0.3) is 0 Å². The third kappa shape index (κ3) is 4.40. The lowest BCUT2D eigenvalue weighted by Gasteiger charge is -2.22. The number of piperidine rings is 1. The number of ether oxygens (including phenoxy) is 2. The monoisotopic (exact) mass is 334 g/mol. The summed E-state index contributed by atoms with van der Waals surface area (Å²) in [4.78, 5) is 12.3. The van der Waals surface area contributed by atoms with E-state index in [1.807, 2.05) is 0 Å². The number of carbonyl (C=O) groups excluding carboxylic acids is 1. The van der Waals surface area contributed by atoms with Gasteiger partial charge in [0.05, 0.1) is 24.9 Å². The molecule has 1 aromatic carbocycles. The molecule has 1 aliphatic heterocycles. The zero-order valence-corrected chi connectivity index (χ0v) is 13.6. The first-order valence-corrected chi connectivity index (χ1v) is 6.96.